The van der Waals surface area contributed by atoms with E-state index in [-0.39, 0.29) is 5.91 Å². The fraction of sp³-hybridized carbons (Fsp3) is 0.357. The lowest BCUT2D eigenvalue weighted by atomic mass is 10.3. The van der Waals surface area contributed by atoms with Gasteiger partial charge in [0.15, 0.2) is 5.69 Å². The molecule has 1 fully saturated rings. The van der Waals surface area contributed by atoms with Crippen LogP contribution in [0.1, 0.15) is 29.0 Å². The standard InChI is InChI=1S/C14H16N4O/c1-11-13(14(19)17-9-5-6-10-17)16-18(15-11)12-7-3-2-4-8-12/h2-4,7-8H,5-6,9-10H2,1H3. The molecule has 1 amide bonds. The van der Waals surface area contributed by atoms with Crippen molar-refractivity contribution in [3.63, 3.8) is 0 Å². The predicted molar refractivity (Wildman–Crippen MR) is 71.2 cm³/mol. The Morgan fingerprint density at radius 2 is 1.79 bits per heavy atom. The number of carbonyl (C=O) groups excluding carboxylic acids is 1. The highest BCUT2D eigenvalue weighted by atomic mass is 16.2. The zero-order valence-electron chi connectivity index (χ0n) is 10.9. The van der Waals surface area contributed by atoms with Gasteiger partial charge in [-0.25, -0.2) is 0 Å². The van der Waals surface area contributed by atoms with Crippen molar-refractivity contribution >= 4 is 5.91 Å². The Bertz CT molecular complexity index is 585. The van der Waals surface area contributed by atoms with E-state index < -0.39 is 0 Å². The molecule has 0 aliphatic carbocycles. The zero-order chi connectivity index (χ0) is 13.2. The van der Waals surface area contributed by atoms with E-state index in [1.807, 2.05) is 42.2 Å². The van der Waals surface area contributed by atoms with Crippen molar-refractivity contribution in [2.75, 3.05) is 13.1 Å². The van der Waals surface area contributed by atoms with Crippen LogP contribution in [0.4, 0.5) is 0 Å². The molecule has 0 saturated carbocycles. The van der Waals surface area contributed by atoms with Gasteiger partial charge in [-0.1, -0.05) is 18.2 Å². The summed E-state index contributed by atoms with van der Waals surface area (Å²) in [7, 11) is 0. The van der Waals surface area contributed by atoms with E-state index in [1.54, 1.807) is 0 Å². The van der Waals surface area contributed by atoms with Gasteiger partial charge < -0.3 is 4.90 Å². The van der Waals surface area contributed by atoms with Gasteiger partial charge in [0.25, 0.3) is 5.91 Å². The van der Waals surface area contributed by atoms with Crippen LogP contribution in [-0.4, -0.2) is 38.9 Å². The number of nitrogens with zero attached hydrogens (tertiary/aromatic N) is 4. The molecule has 1 saturated heterocycles. The minimum absolute atomic E-state index is 0.00261. The second kappa shape index (κ2) is 4.84. The minimum atomic E-state index is -0.00261. The zero-order valence-corrected chi connectivity index (χ0v) is 10.9. The average molecular weight is 256 g/mol. The monoisotopic (exact) mass is 256 g/mol. The van der Waals surface area contributed by atoms with Crippen LogP contribution in [0.5, 0.6) is 0 Å². The summed E-state index contributed by atoms with van der Waals surface area (Å²) in [4.78, 5) is 15.7. The molecule has 0 spiro atoms. The molecule has 0 atom stereocenters. The molecule has 3 rings (SSSR count). The molecule has 1 aliphatic rings. The number of aromatic nitrogens is 3. The largest absolute Gasteiger partial charge is 0.337 e. The van der Waals surface area contributed by atoms with Crippen LogP contribution < -0.4 is 0 Å². The Morgan fingerprint density at radius 1 is 1.11 bits per heavy atom. The molecule has 2 heterocycles. The maximum Gasteiger partial charge on any atom is 0.276 e. The van der Waals surface area contributed by atoms with Crippen LogP contribution in [0, 0.1) is 6.92 Å². The van der Waals surface area contributed by atoms with Crippen LogP contribution >= 0.6 is 0 Å². The second-order valence-electron chi connectivity index (χ2n) is 4.76. The molecule has 0 bridgehead atoms. The molecule has 0 radical (unpaired) electrons. The number of carbonyl (C=O) groups is 1. The topological polar surface area (TPSA) is 51.0 Å². The number of aryl methyl sites for hydroxylation is 1. The number of benzene rings is 1. The second-order valence-corrected chi connectivity index (χ2v) is 4.76. The van der Waals surface area contributed by atoms with Gasteiger partial charge in [-0.05, 0) is 31.9 Å². The number of hydrogen-bond acceptors (Lipinski definition) is 3. The predicted octanol–water partition coefficient (Wildman–Crippen LogP) is 1.81. The lowest BCUT2D eigenvalue weighted by Crippen LogP contribution is -2.28. The van der Waals surface area contributed by atoms with E-state index >= 15 is 0 Å². The Hall–Kier alpha value is -2.17. The van der Waals surface area contributed by atoms with Crippen molar-refractivity contribution in [1.82, 2.24) is 19.9 Å². The van der Waals surface area contributed by atoms with Gasteiger partial charge in [0.1, 0.15) is 0 Å². The number of para-hydroxylation sites is 1. The van der Waals surface area contributed by atoms with E-state index in [4.69, 9.17) is 0 Å². The summed E-state index contributed by atoms with van der Waals surface area (Å²) in [6.45, 7) is 3.49. The number of hydrogen-bond donors (Lipinski definition) is 0. The van der Waals surface area contributed by atoms with Gasteiger partial charge in [-0.3, -0.25) is 4.79 Å². The van der Waals surface area contributed by atoms with Crippen LogP contribution in [-0.2, 0) is 0 Å². The average Bonchev–Trinajstić information content (AvgIpc) is 3.08. The molecular formula is C14H16N4O. The van der Waals surface area contributed by atoms with E-state index in [0.29, 0.717) is 11.4 Å². The fourth-order valence-corrected chi connectivity index (χ4v) is 2.32. The Labute approximate surface area is 111 Å². The summed E-state index contributed by atoms with van der Waals surface area (Å²) in [6, 6.07) is 9.63. The smallest absolute Gasteiger partial charge is 0.276 e. The summed E-state index contributed by atoms with van der Waals surface area (Å²) in [5.74, 6) is -0.00261. The molecule has 1 aliphatic heterocycles. The third-order valence-corrected chi connectivity index (χ3v) is 3.37. The lowest BCUT2D eigenvalue weighted by Gasteiger charge is -2.13. The number of rotatable bonds is 2. The molecule has 1 aromatic heterocycles. The molecule has 2 aromatic rings. The third-order valence-electron chi connectivity index (χ3n) is 3.37. The van der Waals surface area contributed by atoms with E-state index in [1.165, 1.54) is 4.80 Å². The van der Waals surface area contributed by atoms with Crippen molar-refractivity contribution in [2.45, 2.75) is 19.8 Å². The highest BCUT2D eigenvalue weighted by Gasteiger charge is 2.24. The van der Waals surface area contributed by atoms with Gasteiger partial charge >= 0.3 is 0 Å². The highest BCUT2D eigenvalue weighted by Crippen LogP contribution is 2.14. The Balaban J connectivity index is 1.91. The number of amides is 1. The van der Waals surface area contributed by atoms with Crippen LogP contribution in [0.25, 0.3) is 5.69 Å². The van der Waals surface area contributed by atoms with Gasteiger partial charge in [-0.15, -0.1) is 5.10 Å². The molecule has 98 valence electrons. The maximum atomic E-state index is 12.3. The summed E-state index contributed by atoms with van der Waals surface area (Å²) >= 11 is 0. The Kier molecular flexibility index (Phi) is 3.03. The quantitative estimate of drug-likeness (QED) is 0.823. The van der Waals surface area contributed by atoms with E-state index in [9.17, 15) is 4.79 Å². The van der Waals surface area contributed by atoms with Crippen molar-refractivity contribution in [3.05, 3.63) is 41.7 Å². The SMILES string of the molecule is Cc1nn(-c2ccccc2)nc1C(=O)N1CCCC1. The highest BCUT2D eigenvalue weighted by molar-refractivity contribution is 5.93. The first kappa shape index (κ1) is 11.9. The van der Waals surface area contributed by atoms with Gasteiger partial charge in [0, 0.05) is 13.1 Å². The number of likely N-dealkylation sites (tertiary alicyclic amines) is 1. The first-order valence-corrected chi connectivity index (χ1v) is 6.54. The molecule has 5 heteroatoms. The summed E-state index contributed by atoms with van der Waals surface area (Å²) in [6.07, 6.45) is 2.16. The van der Waals surface area contributed by atoms with Crippen molar-refractivity contribution in [1.29, 1.82) is 0 Å². The minimum Gasteiger partial charge on any atom is -0.337 e. The normalized spacial score (nSPS) is 14.9. The van der Waals surface area contributed by atoms with Crippen LogP contribution in [0.3, 0.4) is 0 Å². The third kappa shape index (κ3) is 2.23. The van der Waals surface area contributed by atoms with Gasteiger partial charge in [0.2, 0.25) is 0 Å². The summed E-state index contributed by atoms with van der Waals surface area (Å²) < 4.78 is 0. The van der Waals surface area contributed by atoms with Crippen LogP contribution in [0.15, 0.2) is 30.3 Å². The summed E-state index contributed by atoms with van der Waals surface area (Å²) in [5, 5.41) is 8.67. The van der Waals surface area contributed by atoms with E-state index in [2.05, 4.69) is 10.2 Å². The molecule has 0 N–H and O–H groups in total. The molecule has 0 unspecified atom stereocenters. The lowest BCUT2D eigenvalue weighted by molar-refractivity contribution is 0.0786. The first-order chi connectivity index (χ1) is 9.25. The van der Waals surface area contributed by atoms with Gasteiger partial charge in [0.05, 0.1) is 11.4 Å². The van der Waals surface area contributed by atoms with E-state index in [0.717, 1.165) is 31.6 Å². The fourth-order valence-electron chi connectivity index (χ4n) is 2.32. The molecule has 1 aromatic carbocycles. The van der Waals surface area contributed by atoms with Crippen molar-refractivity contribution in [2.24, 2.45) is 0 Å². The summed E-state index contributed by atoms with van der Waals surface area (Å²) in [5.41, 5.74) is 2.01. The molecule has 19 heavy (non-hydrogen) atoms. The van der Waals surface area contributed by atoms with Crippen LogP contribution in [0.2, 0.25) is 0 Å². The maximum absolute atomic E-state index is 12.3. The molecular weight excluding hydrogens is 240 g/mol. The van der Waals surface area contributed by atoms with Crippen molar-refractivity contribution in [3.8, 4) is 5.69 Å². The van der Waals surface area contributed by atoms with Crippen molar-refractivity contribution < 1.29 is 4.79 Å². The molecule has 5 nitrogen and oxygen atoms in total. The Morgan fingerprint density at radius 3 is 2.47 bits per heavy atom. The first-order valence-electron chi connectivity index (χ1n) is 6.54. The van der Waals surface area contributed by atoms with Gasteiger partial charge in [-0.2, -0.15) is 9.90 Å².